The van der Waals surface area contributed by atoms with E-state index >= 15 is 0 Å². The molecule has 1 N–H and O–H groups in total. The lowest BCUT2D eigenvalue weighted by Gasteiger charge is -2.05. The number of pyridine rings is 1. The third kappa shape index (κ3) is 4.66. The molecule has 0 spiro atoms. The molecule has 1 amide bonds. The minimum absolute atomic E-state index is 0.130. The van der Waals surface area contributed by atoms with Gasteiger partial charge >= 0.3 is 0 Å². The highest BCUT2D eigenvalue weighted by Gasteiger charge is 2.01. The summed E-state index contributed by atoms with van der Waals surface area (Å²) in [6.45, 7) is 4.76. The van der Waals surface area contributed by atoms with Gasteiger partial charge in [0.2, 0.25) is 5.91 Å². The lowest BCUT2D eigenvalue weighted by Crippen LogP contribution is -2.20. The van der Waals surface area contributed by atoms with Crippen molar-refractivity contribution in [2.24, 2.45) is 0 Å². The normalized spacial score (nSPS) is 11.2. The van der Waals surface area contributed by atoms with Crippen LogP contribution in [0.1, 0.15) is 36.5 Å². The smallest absolute Gasteiger partial charge is 0.244 e. The van der Waals surface area contributed by atoms with Crippen molar-refractivity contribution in [1.82, 2.24) is 20.1 Å². The summed E-state index contributed by atoms with van der Waals surface area (Å²) in [6, 6.07) is 13.9. The molecule has 0 bridgehead atoms. The van der Waals surface area contributed by atoms with Crippen LogP contribution in [0.2, 0.25) is 0 Å². The van der Waals surface area contributed by atoms with Gasteiger partial charge in [0, 0.05) is 31.2 Å². The first-order valence-electron chi connectivity index (χ1n) is 8.62. The van der Waals surface area contributed by atoms with E-state index in [1.54, 1.807) is 23.2 Å². The van der Waals surface area contributed by atoms with Crippen molar-refractivity contribution in [3.8, 4) is 5.82 Å². The lowest BCUT2D eigenvalue weighted by molar-refractivity contribution is -0.116. The maximum atomic E-state index is 12.0. The van der Waals surface area contributed by atoms with Gasteiger partial charge in [0.05, 0.1) is 0 Å². The number of rotatable bonds is 6. The number of hydrogen-bond donors (Lipinski definition) is 1. The SMILES string of the molecule is CC(C)c1ccc(C=CC(=O)NCc2ccc(-n3cccn3)nc2)cc1. The summed E-state index contributed by atoms with van der Waals surface area (Å²) in [5.74, 6) is 1.12. The van der Waals surface area contributed by atoms with Crippen LogP contribution in [-0.2, 0) is 11.3 Å². The molecule has 3 rings (SSSR count). The number of amides is 1. The summed E-state index contributed by atoms with van der Waals surface area (Å²) in [4.78, 5) is 16.3. The molecule has 0 radical (unpaired) electrons. The van der Waals surface area contributed by atoms with Gasteiger partial charge in [-0.05, 0) is 40.8 Å². The number of hydrogen-bond acceptors (Lipinski definition) is 3. The Morgan fingerprint density at radius 1 is 1.19 bits per heavy atom. The lowest BCUT2D eigenvalue weighted by atomic mass is 10.0. The molecule has 5 heteroatoms. The number of carbonyl (C=O) groups is 1. The Bertz CT molecular complexity index is 863. The van der Waals surface area contributed by atoms with E-state index in [0.29, 0.717) is 12.5 Å². The van der Waals surface area contributed by atoms with E-state index in [1.807, 2.05) is 42.6 Å². The van der Waals surface area contributed by atoms with E-state index in [1.165, 1.54) is 5.56 Å². The van der Waals surface area contributed by atoms with Crippen molar-refractivity contribution in [1.29, 1.82) is 0 Å². The molecule has 3 aromatic rings. The van der Waals surface area contributed by atoms with E-state index < -0.39 is 0 Å². The van der Waals surface area contributed by atoms with E-state index in [0.717, 1.165) is 16.9 Å². The molecule has 132 valence electrons. The average Bonchev–Trinajstić information content (AvgIpc) is 3.20. The Hall–Kier alpha value is -3.21. The second kappa shape index (κ2) is 8.25. The molecule has 26 heavy (non-hydrogen) atoms. The van der Waals surface area contributed by atoms with E-state index in [4.69, 9.17) is 0 Å². The average molecular weight is 346 g/mol. The van der Waals surface area contributed by atoms with Gasteiger partial charge in [-0.2, -0.15) is 5.10 Å². The van der Waals surface area contributed by atoms with Crippen LogP contribution in [-0.4, -0.2) is 20.7 Å². The zero-order valence-electron chi connectivity index (χ0n) is 15.0. The number of nitrogens with zero attached hydrogens (tertiary/aromatic N) is 3. The minimum Gasteiger partial charge on any atom is -0.348 e. The van der Waals surface area contributed by atoms with Crippen molar-refractivity contribution < 1.29 is 4.79 Å². The molecular weight excluding hydrogens is 324 g/mol. The van der Waals surface area contributed by atoms with Gasteiger partial charge in [0.1, 0.15) is 0 Å². The fourth-order valence-electron chi connectivity index (χ4n) is 2.47. The highest BCUT2D eigenvalue weighted by atomic mass is 16.1. The fourth-order valence-corrected chi connectivity index (χ4v) is 2.47. The maximum Gasteiger partial charge on any atom is 0.244 e. The topological polar surface area (TPSA) is 59.8 Å². The van der Waals surface area contributed by atoms with Gasteiger partial charge in [0.15, 0.2) is 5.82 Å². The van der Waals surface area contributed by atoms with Crippen LogP contribution < -0.4 is 5.32 Å². The van der Waals surface area contributed by atoms with Crippen molar-refractivity contribution >= 4 is 12.0 Å². The predicted octanol–water partition coefficient (Wildman–Crippen LogP) is 3.72. The molecular formula is C21H22N4O. The molecule has 0 aliphatic rings. The second-order valence-electron chi connectivity index (χ2n) is 6.35. The van der Waals surface area contributed by atoms with Crippen LogP contribution in [0.3, 0.4) is 0 Å². The number of carbonyl (C=O) groups excluding carboxylic acids is 1. The molecule has 0 aliphatic heterocycles. The first-order valence-corrected chi connectivity index (χ1v) is 8.62. The quantitative estimate of drug-likeness (QED) is 0.692. The van der Waals surface area contributed by atoms with Gasteiger partial charge in [-0.15, -0.1) is 0 Å². The molecule has 5 nitrogen and oxygen atoms in total. The van der Waals surface area contributed by atoms with Crippen LogP contribution in [0.5, 0.6) is 0 Å². The molecule has 0 unspecified atom stereocenters. The third-order valence-electron chi connectivity index (χ3n) is 4.05. The first kappa shape index (κ1) is 17.6. The molecule has 1 aromatic carbocycles. The summed E-state index contributed by atoms with van der Waals surface area (Å²) in [6.07, 6.45) is 8.65. The fraction of sp³-hybridized carbons (Fsp3) is 0.190. The summed E-state index contributed by atoms with van der Waals surface area (Å²) in [5, 5.41) is 7.00. The first-order chi connectivity index (χ1) is 12.6. The number of aromatic nitrogens is 3. The Labute approximate surface area is 153 Å². The second-order valence-corrected chi connectivity index (χ2v) is 6.35. The molecule has 0 saturated carbocycles. The highest BCUT2D eigenvalue weighted by molar-refractivity contribution is 5.91. The van der Waals surface area contributed by atoms with Crippen LogP contribution in [0.4, 0.5) is 0 Å². The van der Waals surface area contributed by atoms with E-state index in [2.05, 4.69) is 41.4 Å². The molecule has 0 aliphatic carbocycles. The zero-order valence-corrected chi connectivity index (χ0v) is 15.0. The van der Waals surface area contributed by atoms with Gasteiger partial charge in [-0.3, -0.25) is 4.79 Å². The van der Waals surface area contributed by atoms with Crippen molar-refractivity contribution in [2.45, 2.75) is 26.3 Å². The summed E-state index contributed by atoms with van der Waals surface area (Å²) >= 11 is 0. The summed E-state index contributed by atoms with van der Waals surface area (Å²) in [5.41, 5.74) is 3.23. The van der Waals surface area contributed by atoms with E-state index in [-0.39, 0.29) is 5.91 Å². The Morgan fingerprint density at radius 3 is 2.62 bits per heavy atom. The summed E-state index contributed by atoms with van der Waals surface area (Å²) < 4.78 is 1.69. The Balaban J connectivity index is 1.52. The standard InChI is InChI=1S/C21H22N4O/c1-16(2)19-8-4-17(5-9-19)7-11-21(26)23-15-18-6-10-20(22-14-18)25-13-3-12-24-25/h3-14,16H,15H2,1-2H3,(H,23,26). The zero-order chi connectivity index (χ0) is 18.4. The molecule has 2 heterocycles. The number of nitrogens with one attached hydrogen (secondary N) is 1. The van der Waals surface area contributed by atoms with Crippen LogP contribution in [0.25, 0.3) is 11.9 Å². The molecule has 2 aromatic heterocycles. The highest BCUT2D eigenvalue weighted by Crippen LogP contribution is 2.15. The minimum atomic E-state index is -0.130. The Kier molecular flexibility index (Phi) is 5.59. The van der Waals surface area contributed by atoms with Crippen LogP contribution >= 0.6 is 0 Å². The van der Waals surface area contributed by atoms with Crippen molar-refractivity contribution in [3.63, 3.8) is 0 Å². The van der Waals surface area contributed by atoms with Gasteiger partial charge in [-0.25, -0.2) is 9.67 Å². The van der Waals surface area contributed by atoms with Crippen LogP contribution in [0, 0.1) is 0 Å². The van der Waals surface area contributed by atoms with E-state index in [9.17, 15) is 4.79 Å². The van der Waals surface area contributed by atoms with Crippen molar-refractivity contribution in [3.05, 3.63) is 83.8 Å². The molecule has 0 saturated heterocycles. The molecule has 0 atom stereocenters. The monoisotopic (exact) mass is 346 g/mol. The third-order valence-corrected chi connectivity index (χ3v) is 4.05. The van der Waals surface area contributed by atoms with Gasteiger partial charge < -0.3 is 5.32 Å². The largest absolute Gasteiger partial charge is 0.348 e. The van der Waals surface area contributed by atoms with Crippen molar-refractivity contribution in [2.75, 3.05) is 0 Å². The predicted molar refractivity (Wildman–Crippen MR) is 103 cm³/mol. The molecule has 0 fully saturated rings. The maximum absolute atomic E-state index is 12.0. The number of benzene rings is 1. The van der Waals surface area contributed by atoms with Gasteiger partial charge in [-0.1, -0.05) is 44.2 Å². The summed E-state index contributed by atoms with van der Waals surface area (Å²) in [7, 11) is 0. The Morgan fingerprint density at radius 2 is 2.00 bits per heavy atom. The van der Waals surface area contributed by atoms with Gasteiger partial charge in [0.25, 0.3) is 0 Å². The van der Waals surface area contributed by atoms with Crippen LogP contribution in [0.15, 0.2) is 67.1 Å².